The fourth-order valence-corrected chi connectivity index (χ4v) is 2.51. The van der Waals surface area contributed by atoms with Gasteiger partial charge in [-0.15, -0.1) is 0 Å². The monoisotopic (exact) mass is 226 g/mol. The minimum atomic E-state index is -0.258. The van der Waals surface area contributed by atoms with Crippen LogP contribution >= 0.6 is 0 Å². The maximum absolute atomic E-state index is 12.2. The van der Waals surface area contributed by atoms with Crippen LogP contribution in [-0.2, 0) is 4.79 Å². The number of carbonyl (C=O) groups is 1. The highest BCUT2D eigenvalue weighted by molar-refractivity contribution is 5.84. The van der Waals surface area contributed by atoms with Crippen molar-refractivity contribution in [3.05, 3.63) is 0 Å². The Balaban J connectivity index is 2.70. The Hall–Kier alpha value is -0.570. The molecular weight excluding hydrogens is 200 g/mol. The molecule has 3 N–H and O–H groups in total. The Morgan fingerprint density at radius 3 is 2.00 bits per heavy atom. The molecule has 1 amide bonds. The highest BCUT2D eigenvalue weighted by Gasteiger charge is 2.68. The number of nitrogens with one attached hydrogen (secondary N) is 1. The molecule has 1 atom stereocenters. The first-order chi connectivity index (χ1) is 7.12. The molecule has 1 unspecified atom stereocenters. The van der Waals surface area contributed by atoms with E-state index in [1.54, 1.807) is 0 Å². The smallest absolute Gasteiger partial charge is 0.224 e. The SMILES string of the molecule is CCC(C)(CN)NC(=O)C1C(C)(C)C1(C)C. The van der Waals surface area contributed by atoms with Gasteiger partial charge in [0.15, 0.2) is 0 Å². The molecule has 1 saturated carbocycles. The first-order valence-electron chi connectivity index (χ1n) is 6.14. The van der Waals surface area contributed by atoms with E-state index in [-0.39, 0.29) is 28.2 Å². The lowest BCUT2D eigenvalue weighted by Gasteiger charge is -2.28. The topological polar surface area (TPSA) is 55.1 Å². The lowest BCUT2D eigenvalue weighted by Crippen LogP contribution is -2.51. The van der Waals surface area contributed by atoms with Gasteiger partial charge in [-0.3, -0.25) is 4.79 Å². The summed E-state index contributed by atoms with van der Waals surface area (Å²) in [5, 5.41) is 3.10. The van der Waals surface area contributed by atoms with Gasteiger partial charge in [-0.1, -0.05) is 34.6 Å². The summed E-state index contributed by atoms with van der Waals surface area (Å²) in [5.74, 6) is 0.266. The zero-order valence-electron chi connectivity index (χ0n) is 11.5. The third kappa shape index (κ3) is 1.86. The van der Waals surface area contributed by atoms with E-state index in [0.29, 0.717) is 6.54 Å². The Morgan fingerprint density at radius 2 is 1.75 bits per heavy atom. The minimum absolute atomic E-state index is 0.0976. The molecule has 0 saturated heterocycles. The number of rotatable bonds is 4. The van der Waals surface area contributed by atoms with Crippen molar-refractivity contribution < 1.29 is 4.79 Å². The molecule has 1 aliphatic rings. The van der Waals surface area contributed by atoms with Gasteiger partial charge in [0.1, 0.15) is 0 Å². The van der Waals surface area contributed by atoms with Crippen molar-refractivity contribution in [1.29, 1.82) is 0 Å². The van der Waals surface area contributed by atoms with E-state index >= 15 is 0 Å². The Kier molecular flexibility index (Phi) is 3.14. The van der Waals surface area contributed by atoms with Crippen LogP contribution in [0.4, 0.5) is 0 Å². The van der Waals surface area contributed by atoms with Gasteiger partial charge in [-0.05, 0) is 24.2 Å². The first-order valence-corrected chi connectivity index (χ1v) is 6.14. The molecule has 0 bridgehead atoms. The van der Waals surface area contributed by atoms with Crippen LogP contribution in [-0.4, -0.2) is 18.0 Å². The molecule has 0 aromatic rings. The molecule has 16 heavy (non-hydrogen) atoms. The molecule has 3 heteroatoms. The van der Waals surface area contributed by atoms with Gasteiger partial charge in [0.2, 0.25) is 5.91 Å². The van der Waals surface area contributed by atoms with Crippen molar-refractivity contribution in [3.8, 4) is 0 Å². The Bertz CT molecular complexity index is 276. The van der Waals surface area contributed by atoms with Crippen molar-refractivity contribution in [2.45, 2.75) is 53.5 Å². The number of nitrogens with two attached hydrogens (primary N) is 1. The summed E-state index contributed by atoms with van der Waals surface area (Å²) in [5.41, 5.74) is 5.64. The van der Waals surface area contributed by atoms with Crippen LogP contribution in [0, 0.1) is 16.7 Å². The molecule has 0 aromatic heterocycles. The van der Waals surface area contributed by atoms with E-state index in [4.69, 9.17) is 5.73 Å². The predicted octanol–water partition coefficient (Wildman–Crippen LogP) is 1.91. The quantitative estimate of drug-likeness (QED) is 0.769. The minimum Gasteiger partial charge on any atom is -0.349 e. The van der Waals surface area contributed by atoms with Crippen molar-refractivity contribution in [1.82, 2.24) is 5.32 Å². The summed E-state index contributed by atoms with van der Waals surface area (Å²) < 4.78 is 0. The number of carbonyl (C=O) groups excluding carboxylic acids is 1. The highest BCUT2D eigenvalue weighted by atomic mass is 16.2. The van der Waals surface area contributed by atoms with Crippen LogP contribution < -0.4 is 11.1 Å². The van der Waals surface area contributed by atoms with Gasteiger partial charge in [0, 0.05) is 18.0 Å². The number of hydrogen-bond acceptors (Lipinski definition) is 2. The number of hydrogen-bond donors (Lipinski definition) is 2. The van der Waals surface area contributed by atoms with E-state index in [1.165, 1.54) is 0 Å². The summed E-state index contributed by atoms with van der Waals surface area (Å²) in [6.45, 7) is 13.2. The van der Waals surface area contributed by atoms with Crippen molar-refractivity contribution in [2.24, 2.45) is 22.5 Å². The Labute approximate surface area is 99.2 Å². The molecule has 0 aliphatic heterocycles. The average molecular weight is 226 g/mol. The van der Waals surface area contributed by atoms with Crippen LogP contribution in [0.5, 0.6) is 0 Å². The van der Waals surface area contributed by atoms with E-state index in [2.05, 4.69) is 39.9 Å². The Morgan fingerprint density at radius 1 is 1.31 bits per heavy atom. The zero-order valence-corrected chi connectivity index (χ0v) is 11.5. The molecule has 0 spiro atoms. The summed E-state index contributed by atoms with van der Waals surface area (Å²) in [6, 6.07) is 0. The summed E-state index contributed by atoms with van der Waals surface area (Å²) >= 11 is 0. The standard InChI is InChI=1S/C13H26N2O/c1-7-13(6,8-14)15-10(16)9-11(2,3)12(9,4)5/h9H,7-8,14H2,1-6H3,(H,15,16). The summed E-state index contributed by atoms with van der Waals surface area (Å²) in [6.07, 6.45) is 0.864. The fourth-order valence-electron chi connectivity index (χ4n) is 2.51. The fraction of sp³-hybridized carbons (Fsp3) is 0.923. The third-order valence-electron chi connectivity index (χ3n) is 4.94. The van der Waals surface area contributed by atoms with E-state index in [0.717, 1.165) is 6.42 Å². The van der Waals surface area contributed by atoms with E-state index in [1.807, 2.05) is 6.92 Å². The molecule has 1 fully saturated rings. The molecule has 1 aliphatic carbocycles. The van der Waals surface area contributed by atoms with E-state index < -0.39 is 0 Å². The molecule has 0 radical (unpaired) electrons. The lowest BCUT2D eigenvalue weighted by molar-refractivity contribution is -0.125. The second-order valence-corrected chi connectivity index (χ2v) is 6.48. The molecular formula is C13H26N2O. The van der Waals surface area contributed by atoms with Gasteiger partial charge in [-0.2, -0.15) is 0 Å². The maximum Gasteiger partial charge on any atom is 0.224 e. The first kappa shape index (κ1) is 13.5. The maximum atomic E-state index is 12.2. The summed E-state index contributed by atoms with van der Waals surface area (Å²) in [7, 11) is 0. The second-order valence-electron chi connectivity index (χ2n) is 6.48. The van der Waals surface area contributed by atoms with Crippen LogP contribution in [0.15, 0.2) is 0 Å². The van der Waals surface area contributed by atoms with E-state index in [9.17, 15) is 4.79 Å². The lowest BCUT2D eigenvalue weighted by atomic mass is 9.98. The van der Waals surface area contributed by atoms with Crippen molar-refractivity contribution >= 4 is 5.91 Å². The molecule has 0 heterocycles. The zero-order chi connectivity index (χ0) is 12.8. The van der Waals surface area contributed by atoms with Crippen LogP contribution in [0.2, 0.25) is 0 Å². The molecule has 3 nitrogen and oxygen atoms in total. The second kappa shape index (κ2) is 3.73. The summed E-state index contributed by atoms with van der Waals surface area (Å²) in [4.78, 5) is 12.2. The van der Waals surface area contributed by atoms with Gasteiger partial charge < -0.3 is 11.1 Å². The van der Waals surface area contributed by atoms with Crippen molar-refractivity contribution in [3.63, 3.8) is 0 Å². The normalized spacial score (nSPS) is 25.9. The largest absolute Gasteiger partial charge is 0.349 e. The predicted molar refractivity (Wildman–Crippen MR) is 66.9 cm³/mol. The highest BCUT2D eigenvalue weighted by Crippen LogP contribution is 2.68. The number of amides is 1. The van der Waals surface area contributed by atoms with Gasteiger partial charge in [0.05, 0.1) is 0 Å². The van der Waals surface area contributed by atoms with Crippen LogP contribution in [0.25, 0.3) is 0 Å². The average Bonchev–Trinajstić information content (AvgIpc) is 2.57. The molecule has 0 aromatic carbocycles. The molecule has 94 valence electrons. The van der Waals surface area contributed by atoms with Gasteiger partial charge >= 0.3 is 0 Å². The third-order valence-corrected chi connectivity index (χ3v) is 4.94. The van der Waals surface area contributed by atoms with Crippen LogP contribution in [0.3, 0.4) is 0 Å². The molecule has 1 rings (SSSR count). The van der Waals surface area contributed by atoms with Crippen LogP contribution in [0.1, 0.15) is 48.0 Å². The van der Waals surface area contributed by atoms with Gasteiger partial charge in [-0.25, -0.2) is 0 Å². The van der Waals surface area contributed by atoms with Gasteiger partial charge in [0.25, 0.3) is 0 Å². The van der Waals surface area contributed by atoms with Crippen molar-refractivity contribution in [2.75, 3.05) is 6.54 Å².